The molecule has 2 heterocycles. The zero-order chi connectivity index (χ0) is 15.6. The summed E-state index contributed by atoms with van der Waals surface area (Å²) in [5, 5.41) is 6.75. The Morgan fingerprint density at radius 2 is 1.70 bits per heavy atom. The topological polar surface area (TPSA) is 44.4 Å². The third-order valence-corrected chi connectivity index (χ3v) is 5.91. The molecule has 1 saturated carbocycles. The lowest BCUT2D eigenvalue weighted by atomic mass is 9.75. The maximum atomic E-state index is 12.9. The van der Waals surface area contributed by atoms with E-state index in [0.29, 0.717) is 18.0 Å². The fourth-order valence-electron chi connectivity index (χ4n) is 4.82. The smallest absolute Gasteiger partial charge is 0.318 e. The van der Waals surface area contributed by atoms with Crippen LogP contribution in [0.15, 0.2) is 30.3 Å². The SMILES string of the molecule is O=C1NC2CCCCC2C(c2ccccc2)N1C1CCNCC1. The molecule has 0 aromatic heterocycles. The number of urea groups is 1. The number of piperidine rings is 1. The molecule has 3 unspecified atom stereocenters. The van der Waals surface area contributed by atoms with Gasteiger partial charge >= 0.3 is 6.03 Å². The Kier molecular flexibility index (Phi) is 4.25. The third kappa shape index (κ3) is 2.85. The molecular weight excluding hydrogens is 286 g/mol. The lowest BCUT2D eigenvalue weighted by molar-refractivity contribution is 0.0407. The third-order valence-electron chi connectivity index (χ3n) is 5.91. The number of benzene rings is 1. The normalized spacial score (nSPS) is 32.3. The van der Waals surface area contributed by atoms with Crippen molar-refractivity contribution in [3.8, 4) is 0 Å². The average Bonchev–Trinajstić information content (AvgIpc) is 2.62. The second-order valence-corrected chi connectivity index (χ2v) is 7.25. The Morgan fingerprint density at radius 3 is 2.48 bits per heavy atom. The van der Waals surface area contributed by atoms with Crippen LogP contribution >= 0.6 is 0 Å². The van der Waals surface area contributed by atoms with Crippen LogP contribution in [0.5, 0.6) is 0 Å². The average molecular weight is 313 g/mol. The molecule has 1 aromatic carbocycles. The highest BCUT2D eigenvalue weighted by atomic mass is 16.2. The van der Waals surface area contributed by atoms with Gasteiger partial charge in [0.05, 0.1) is 6.04 Å². The predicted molar refractivity (Wildman–Crippen MR) is 91.2 cm³/mol. The van der Waals surface area contributed by atoms with Gasteiger partial charge in [-0.05, 0) is 44.3 Å². The fourth-order valence-corrected chi connectivity index (χ4v) is 4.82. The first-order chi connectivity index (χ1) is 11.3. The number of carbonyl (C=O) groups excluding carboxylic acids is 1. The summed E-state index contributed by atoms with van der Waals surface area (Å²) in [7, 11) is 0. The first-order valence-electron chi connectivity index (χ1n) is 9.19. The quantitative estimate of drug-likeness (QED) is 0.881. The molecule has 0 spiro atoms. The van der Waals surface area contributed by atoms with Crippen LogP contribution in [0, 0.1) is 5.92 Å². The molecule has 2 N–H and O–H groups in total. The summed E-state index contributed by atoms with van der Waals surface area (Å²) >= 11 is 0. The maximum absolute atomic E-state index is 12.9. The van der Waals surface area contributed by atoms with E-state index in [1.54, 1.807) is 0 Å². The molecule has 0 radical (unpaired) electrons. The van der Waals surface area contributed by atoms with Gasteiger partial charge in [0.15, 0.2) is 0 Å². The number of nitrogens with zero attached hydrogens (tertiary/aromatic N) is 1. The van der Waals surface area contributed by atoms with Crippen molar-refractivity contribution in [1.29, 1.82) is 0 Å². The van der Waals surface area contributed by atoms with Crippen LogP contribution in [-0.2, 0) is 0 Å². The van der Waals surface area contributed by atoms with E-state index in [-0.39, 0.29) is 12.1 Å². The predicted octanol–water partition coefficient (Wildman–Crippen LogP) is 3.06. The first-order valence-corrected chi connectivity index (χ1v) is 9.19. The molecule has 124 valence electrons. The van der Waals surface area contributed by atoms with Crippen LogP contribution in [0.2, 0.25) is 0 Å². The van der Waals surface area contributed by atoms with Crippen molar-refractivity contribution in [2.45, 2.75) is 56.7 Å². The van der Waals surface area contributed by atoms with Gasteiger partial charge in [-0.2, -0.15) is 0 Å². The van der Waals surface area contributed by atoms with Gasteiger partial charge < -0.3 is 15.5 Å². The monoisotopic (exact) mass is 313 g/mol. The van der Waals surface area contributed by atoms with Gasteiger partial charge in [0.1, 0.15) is 0 Å². The van der Waals surface area contributed by atoms with Crippen molar-refractivity contribution in [1.82, 2.24) is 15.5 Å². The summed E-state index contributed by atoms with van der Waals surface area (Å²) in [6.45, 7) is 2.04. The molecule has 4 heteroatoms. The fraction of sp³-hybridized carbons (Fsp3) is 0.632. The molecule has 3 aliphatic rings. The summed E-state index contributed by atoms with van der Waals surface area (Å²) in [5.74, 6) is 0.554. The molecular formula is C19H27N3O. The Morgan fingerprint density at radius 1 is 0.957 bits per heavy atom. The molecule has 2 amide bonds. The summed E-state index contributed by atoms with van der Waals surface area (Å²) in [6, 6.07) is 11.8. The molecule has 3 fully saturated rings. The minimum absolute atomic E-state index is 0.161. The Bertz CT molecular complexity index is 541. The molecule has 1 aromatic rings. The van der Waals surface area contributed by atoms with Gasteiger partial charge in [0, 0.05) is 18.0 Å². The Labute approximate surface area is 138 Å². The van der Waals surface area contributed by atoms with Crippen LogP contribution in [0.4, 0.5) is 4.79 Å². The van der Waals surface area contributed by atoms with E-state index in [1.165, 1.54) is 24.8 Å². The molecule has 4 rings (SSSR count). The summed E-state index contributed by atoms with van der Waals surface area (Å²) in [5.41, 5.74) is 1.32. The van der Waals surface area contributed by atoms with Crippen LogP contribution < -0.4 is 10.6 Å². The molecule has 1 aliphatic carbocycles. The van der Waals surface area contributed by atoms with E-state index in [2.05, 4.69) is 45.9 Å². The second kappa shape index (κ2) is 6.52. The van der Waals surface area contributed by atoms with Gasteiger partial charge in [0.2, 0.25) is 0 Å². The van der Waals surface area contributed by atoms with E-state index < -0.39 is 0 Å². The highest BCUT2D eigenvalue weighted by Gasteiger charge is 2.45. The van der Waals surface area contributed by atoms with Crippen LogP contribution in [0.25, 0.3) is 0 Å². The van der Waals surface area contributed by atoms with E-state index >= 15 is 0 Å². The van der Waals surface area contributed by atoms with E-state index in [1.807, 2.05) is 0 Å². The highest BCUT2D eigenvalue weighted by Crippen LogP contribution is 2.43. The Hall–Kier alpha value is -1.55. The number of hydrogen-bond donors (Lipinski definition) is 2. The van der Waals surface area contributed by atoms with Gasteiger partial charge in [-0.15, -0.1) is 0 Å². The van der Waals surface area contributed by atoms with Gasteiger partial charge in [-0.25, -0.2) is 4.79 Å². The lowest BCUT2D eigenvalue weighted by Gasteiger charge is -2.51. The van der Waals surface area contributed by atoms with Crippen molar-refractivity contribution in [3.63, 3.8) is 0 Å². The van der Waals surface area contributed by atoms with Gasteiger partial charge in [-0.3, -0.25) is 0 Å². The van der Waals surface area contributed by atoms with E-state index in [4.69, 9.17) is 0 Å². The molecule has 23 heavy (non-hydrogen) atoms. The largest absolute Gasteiger partial charge is 0.335 e. The number of amides is 2. The summed E-state index contributed by atoms with van der Waals surface area (Å²) in [6.07, 6.45) is 7.03. The van der Waals surface area contributed by atoms with Crippen molar-refractivity contribution >= 4 is 6.03 Å². The van der Waals surface area contributed by atoms with Crippen molar-refractivity contribution in [3.05, 3.63) is 35.9 Å². The zero-order valence-corrected chi connectivity index (χ0v) is 13.7. The second-order valence-electron chi connectivity index (χ2n) is 7.25. The molecule has 3 atom stereocenters. The minimum atomic E-state index is 0.161. The molecule has 2 saturated heterocycles. The van der Waals surface area contributed by atoms with E-state index in [9.17, 15) is 4.79 Å². The number of fused-ring (bicyclic) bond motifs is 1. The van der Waals surface area contributed by atoms with Crippen molar-refractivity contribution in [2.24, 2.45) is 5.92 Å². The van der Waals surface area contributed by atoms with Crippen LogP contribution in [-0.4, -0.2) is 36.1 Å². The summed E-state index contributed by atoms with van der Waals surface area (Å²) < 4.78 is 0. The van der Waals surface area contributed by atoms with Gasteiger partial charge in [-0.1, -0.05) is 43.2 Å². The van der Waals surface area contributed by atoms with E-state index in [0.717, 1.165) is 32.4 Å². The van der Waals surface area contributed by atoms with Crippen molar-refractivity contribution < 1.29 is 4.79 Å². The minimum Gasteiger partial charge on any atom is -0.335 e. The number of hydrogen-bond acceptors (Lipinski definition) is 2. The van der Waals surface area contributed by atoms with Crippen molar-refractivity contribution in [2.75, 3.05) is 13.1 Å². The summed E-state index contributed by atoms with van der Waals surface area (Å²) in [4.78, 5) is 15.1. The first kappa shape index (κ1) is 15.0. The number of carbonyl (C=O) groups is 1. The van der Waals surface area contributed by atoms with Crippen LogP contribution in [0.3, 0.4) is 0 Å². The lowest BCUT2D eigenvalue weighted by Crippen LogP contribution is -2.62. The molecule has 0 bridgehead atoms. The molecule has 2 aliphatic heterocycles. The molecule has 4 nitrogen and oxygen atoms in total. The van der Waals surface area contributed by atoms with Crippen LogP contribution in [0.1, 0.15) is 50.1 Å². The Balaban J connectivity index is 1.70. The number of nitrogens with one attached hydrogen (secondary N) is 2. The number of rotatable bonds is 2. The highest BCUT2D eigenvalue weighted by molar-refractivity contribution is 5.77. The maximum Gasteiger partial charge on any atom is 0.318 e. The standard InChI is InChI=1S/C19H27N3O/c23-19-21-17-9-5-4-8-16(17)18(14-6-2-1-3-7-14)22(19)15-10-12-20-13-11-15/h1-3,6-7,15-18,20H,4-5,8-13H2,(H,21,23). The van der Waals surface area contributed by atoms with Gasteiger partial charge in [0.25, 0.3) is 0 Å². The zero-order valence-electron chi connectivity index (χ0n) is 13.7.